The molecule has 4 N–H and O–H groups in total. The zero-order chi connectivity index (χ0) is 8.65. The molecule has 2 heterocycles. The number of hydrogen-bond acceptors (Lipinski definition) is 4. The van der Waals surface area contributed by atoms with Crippen molar-refractivity contribution in [1.29, 1.82) is 0 Å². The highest BCUT2D eigenvalue weighted by Crippen LogP contribution is 2.25. The van der Waals surface area contributed by atoms with Crippen molar-refractivity contribution in [3.8, 4) is 0 Å². The molecule has 0 aromatic heterocycles. The van der Waals surface area contributed by atoms with Crippen LogP contribution in [0.3, 0.4) is 0 Å². The Balaban J connectivity index is 0.000000127. The molecule has 2 aliphatic rings. The van der Waals surface area contributed by atoms with Gasteiger partial charge in [0, 0.05) is 43.3 Å². The summed E-state index contributed by atoms with van der Waals surface area (Å²) in [6.07, 6.45) is 1.26. The smallest absolute Gasteiger partial charge is 0.0336 e. The highest BCUT2D eigenvalue weighted by molar-refractivity contribution is 7.53. The van der Waals surface area contributed by atoms with Gasteiger partial charge in [0.05, 0.1) is 0 Å². The van der Waals surface area contributed by atoms with Crippen LogP contribution < -0.4 is 20.3 Å². The van der Waals surface area contributed by atoms with E-state index in [0.29, 0.717) is 0 Å². The molecule has 72 valence electrons. The van der Waals surface area contributed by atoms with Crippen molar-refractivity contribution in [2.24, 2.45) is 0 Å². The molecule has 0 aliphatic carbocycles. The van der Waals surface area contributed by atoms with Gasteiger partial charge in [-0.1, -0.05) is 6.92 Å². The van der Waals surface area contributed by atoms with Gasteiger partial charge in [0.25, 0.3) is 0 Å². The second-order valence-corrected chi connectivity index (χ2v) is 5.62. The normalized spacial score (nSPS) is 23.8. The molecule has 0 saturated carbocycles. The Morgan fingerprint density at radius 3 is 1.92 bits per heavy atom. The predicted molar refractivity (Wildman–Crippen MR) is 57.8 cm³/mol. The van der Waals surface area contributed by atoms with E-state index in [9.17, 15) is 0 Å². The van der Waals surface area contributed by atoms with E-state index in [4.69, 9.17) is 0 Å². The average molecular weight is 208 g/mol. The second-order valence-electron chi connectivity index (χ2n) is 2.54. The fraction of sp³-hybridized carbons (Fsp3) is 1.00. The van der Waals surface area contributed by atoms with Gasteiger partial charge < -0.3 is 0 Å². The molecule has 0 atom stereocenters. The van der Waals surface area contributed by atoms with E-state index >= 15 is 0 Å². The molecule has 4 nitrogen and oxygen atoms in total. The SMILES string of the molecule is C1CNPN1.CCP1NCCN1. The highest BCUT2D eigenvalue weighted by Gasteiger charge is 2.08. The quantitative estimate of drug-likeness (QED) is 0.465. The zero-order valence-electron chi connectivity index (χ0n) is 7.48. The molecule has 0 unspecified atom stereocenters. The van der Waals surface area contributed by atoms with Gasteiger partial charge in [0.2, 0.25) is 0 Å². The van der Waals surface area contributed by atoms with Crippen LogP contribution in [0.5, 0.6) is 0 Å². The molecule has 0 spiro atoms. The van der Waals surface area contributed by atoms with Gasteiger partial charge in [-0.3, -0.25) is 20.3 Å². The Kier molecular flexibility index (Phi) is 6.41. The van der Waals surface area contributed by atoms with Crippen LogP contribution in [-0.4, -0.2) is 32.3 Å². The van der Waals surface area contributed by atoms with Crippen LogP contribution in [0.25, 0.3) is 0 Å². The second kappa shape index (κ2) is 7.14. The summed E-state index contributed by atoms with van der Waals surface area (Å²) in [7, 11) is 0.866. The standard InChI is InChI=1S/C4H11N2P.C2H7N2P/c1-2-7-5-3-4-6-7;1-2-4-5-3-1/h5-6H,2-4H2,1H3;3-5H,1-2H2. The van der Waals surface area contributed by atoms with Gasteiger partial charge in [-0.25, -0.2) is 0 Å². The summed E-state index contributed by atoms with van der Waals surface area (Å²) in [6.45, 7) is 6.84. The Bertz CT molecular complexity index is 96.1. The summed E-state index contributed by atoms with van der Waals surface area (Å²) in [5.74, 6) is 0. The van der Waals surface area contributed by atoms with Crippen molar-refractivity contribution in [2.75, 3.05) is 32.3 Å². The van der Waals surface area contributed by atoms with Crippen LogP contribution >= 0.6 is 17.1 Å². The van der Waals surface area contributed by atoms with Gasteiger partial charge in [-0.15, -0.1) is 0 Å². The first kappa shape index (κ1) is 10.8. The van der Waals surface area contributed by atoms with Crippen LogP contribution in [0.4, 0.5) is 0 Å². The topological polar surface area (TPSA) is 48.1 Å². The molecule has 2 rings (SSSR count). The molecule has 0 bridgehead atoms. The fourth-order valence-electron chi connectivity index (χ4n) is 0.974. The number of rotatable bonds is 1. The first-order valence-corrected chi connectivity index (χ1v) is 6.91. The summed E-state index contributed by atoms with van der Waals surface area (Å²) in [5.41, 5.74) is 0. The summed E-state index contributed by atoms with van der Waals surface area (Å²) in [4.78, 5) is 0. The molecule has 0 amide bonds. The van der Waals surface area contributed by atoms with Crippen molar-refractivity contribution in [3.63, 3.8) is 0 Å². The van der Waals surface area contributed by atoms with Gasteiger partial charge in [-0.05, 0) is 6.16 Å². The van der Waals surface area contributed by atoms with Crippen molar-refractivity contribution in [2.45, 2.75) is 6.92 Å². The van der Waals surface area contributed by atoms with Gasteiger partial charge in [0.1, 0.15) is 0 Å². The van der Waals surface area contributed by atoms with E-state index in [-0.39, 0.29) is 8.22 Å². The monoisotopic (exact) mass is 208 g/mol. The Hall–Kier alpha value is 0.700. The van der Waals surface area contributed by atoms with Crippen LogP contribution in [-0.2, 0) is 0 Å². The summed E-state index contributed by atoms with van der Waals surface area (Å²) < 4.78 is 0. The molecule has 12 heavy (non-hydrogen) atoms. The van der Waals surface area contributed by atoms with Crippen LogP contribution in [0.15, 0.2) is 0 Å². The van der Waals surface area contributed by atoms with Crippen molar-refractivity contribution in [1.82, 2.24) is 20.3 Å². The van der Waals surface area contributed by atoms with E-state index in [0.717, 1.165) is 22.0 Å². The molecule has 2 aliphatic heterocycles. The third-order valence-corrected chi connectivity index (χ3v) is 4.29. The van der Waals surface area contributed by atoms with E-state index in [2.05, 4.69) is 27.3 Å². The Morgan fingerprint density at radius 2 is 1.67 bits per heavy atom. The lowest BCUT2D eigenvalue weighted by molar-refractivity contribution is 0.942. The largest absolute Gasteiger partial charge is 0.285 e. The minimum atomic E-state index is 0.0571. The van der Waals surface area contributed by atoms with Crippen molar-refractivity contribution >= 4 is 17.1 Å². The Labute approximate surface area is 77.4 Å². The summed E-state index contributed by atoms with van der Waals surface area (Å²) in [6, 6.07) is 0. The number of hydrogen-bond donors (Lipinski definition) is 4. The fourth-order valence-corrected chi connectivity index (χ4v) is 2.92. The first-order chi connectivity index (χ1) is 5.93. The number of nitrogens with one attached hydrogen (secondary N) is 4. The van der Waals surface area contributed by atoms with Gasteiger partial charge >= 0.3 is 0 Å². The van der Waals surface area contributed by atoms with Crippen molar-refractivity contribution in [3.05, 3.63) is 0 Å². The lowest BCUT2D eigenvalue weighted by Crippen LogP contribution is -2.01. The summed E-state index contributed by atoms with van der Waals surface area (Å²) in [5, 5.41) is 13.0. The molecular weight excluding hydrogens is 190 g/mol. The maximum Gasteiger partial charge on any atom is 0.0336 e. The molecule has 0 radical (unpaired) electrons. The Morgan fingerprint density at radius 1 is 1.08 bits per heavy atom. The molecule has 2 fully saturated rings. The van der Waals surface area contributed by atoms with E-state index in [1.807, 2.05) is 0 Å². The average Bonchev–Trinajstić information content (AvgIpc) is 2.81. The highest BCUT2D eigenvalue weighted by atomic mass is 31.1. The molecule has 6 heteroatoms. The summed E-state index contributed by atoms with van der Waals surface area (Å²) >= 11 is 0. The molecular formula is C6H18N4P2. The minimum absolute atomic E-state index is 0.0571. The van der Waals surface area contributed by atoms with Gasteiger partial charge in [-0.2, -0.15) is 0 Å². The maximum atomic E-state index is 3.36. The van der Waals surface area contributed by atoms with E-state index in [1.165, 1.54) is 19.3 Å². The van der Waals surface area contributed by atoms with Crippen LogP contribution in [0, 0.1) is 0 Å². The van der Waals surface area contributed by atoms with E-state index < -0.39 is 0 Å². The third-order valence-electron chi connectivity index (χ3n) is 1.60. The molecule has 2 saturated heterocycles. The third kappa shape index (κ3) is 4.66. The molecule has 0 aromatic carbocycles. The lowest BCUT2D eigenvalue weighted by atomic mass is 10.7. The maximum absolute atomic E-state index is 3.36. The van der Waals surface area contributed by atoms with Crippen molar-refractivity contribution < 1.29 is 0 Å². The minimum Gasteiger partial charge on any atom is -0.285 e. The zero-order valence-corrected chi connectivity index (χ0v) is 9.38. The van der Waals surface area contributed by atoms with Gasteiger partial charge in [0.15, 0.2) is 0 Å². The lowest BCUT2D eigenvalue weighted by Gasteiger charge is -2.03. The van der Waals surface area contributed by atoms with Crippen LogP contribution in [0.2, 0.25) is 0 Å². The predicted octanol–water partition coefficient (Wildman–Crippen LogP) is 0.199. The first-order valence-electron chi connectivity index (χ1n) is 4.38. The van der Waals surface area contributed by atoms with Crippen LogP contribution in [0.1, 0.15) is 6.92 Å². The van der Waals surface area contributed by atoms with E-state index in [1.54, 1.807) is 0 Å². The molecule has 0 aromatic rings.